The van der Waals surface area contributed by atoms with Gasteiger partial charge in [-0.25, -0.2) is 0 Å². The third-order valence-electron chi connectivity index (χ3n) is 16.3. The third-order valence-corrected chi connectivity index (χ3v) is 16.3. The Morgan fingerprint density at radius 1 is 0.246 bits per heavy atom. The third kappa shape index (κ3) is 4.60. The molecule has 0 fully saturated rings. The number of fused-ring (bicyclic) bond motifs is 24. The predicted octanol–water partition coefficient (Wildman–Crippen LogP) is 17.3. The molecular weight excluding hydrogens is 833 g/mol. The lowest BCUT2D eigenvalue weighted by atomic mass is 9.64. The molecule has 1 heterocycles. The van der Waals surface area contributed by atoms with Crippen molar-refractivity contribution in [3.8, 4) is 67.1 Å². The molecule has 0 saturated heterocycles. The zero-order valence-electron chi connectivity index (χ0n) is 37.5. The molecule has 69 heavy (non-hydrogen) atoms. The van der Waals surface area contributed by atoms with E-state index in [1.165, 1.54) is 132 Å². The molecule has 1 nitrogen and oxygen atoms in total. The van der Waals surface area contributed by atoms with E-state index in [1.807, 2.05) is 0 Å². The van der Waals surface area contributed by atoms with Gasteiger partial charge >= 0.3 is 0 Å². The molecule has 0 saturated carbocycles. The normalized spacial score (nSPS) is 15.8. The Balaban J connectivity index is 0.911. The molecule has 1 unspecified atom stereocenters. The Morgan fingerprint density at radius 2 is 0.681 bits per heavy atom. The highest BCUT2D eigenvalue weighted by atomic mass is 16.5. The van der Waals surface area contributed by atoms with Crippen LogP contribution in [0.25, 0.3) is 88.0 Å². The predicted molar refractivity (Wildman–Crippen MR) is 284 cm³/mol. The van der Waals surface area contributed by atoms with E-state index in [0.29, 0.717) is 0 Å². The van der Waals surface area contributed by atoms with Gasteiger partial charge in [-0.3, -0.25) is 0 Å². The van der Waals surface area contributed by atoms with Crippen molar-refractivity contribution in [3.63, 3.8) is 0 Å². The van der Waals surface area contributed by atoms with Gasteiger partial charge in [0.15, 0.2) is 0 Å². The molecule has 1 atom stereocenters. The van der Waals surface area contributed by atoms with Crippen LogP contribution in [0.4, 0.5) is 0 Å². The maximum absolute atomic E-state index is 7.02. The lowest BCUT2D eigenvalue weighted by Gasteiger charge is -2.40. The standard InChI is InChI=1S/C68H40O/c1-3-17-47-41(15-1)30-36-60-65(47)55-24-10-14-28-59(55)67(60)56-25-11-7-23-53(56)54-33-29-43(39-61(54)67)45-34-35-46(50-20-6-5-19-49(45)50)44-32-37-63-62(40-44)68(66-48-18-4-2-16-42(48)31-38-64(66)69-63)57-26-12-8-21-51(57)52-22-9-13-27-58(52)68/h1-40H. The molecule has 1 heteroatoms. The summed E-state index contributed by atoms with van der Waals surface area (Å²) in [7, 11) is 0. The van der Waals surface area contributed by atoms with Gasteiger partial charge in [0.2, 0.25) is 0 Å². The van der Waals surface area contributed by atoms with Gasteiger partial charge in [0, 0.05) is 11.1 Å². The summed E-state index contributed by atoms with van der Waals surface area (Å²) in [5, 5.41) is 7.45. The number of ether oxygens (including phenoxy) is 1. The fraction of sp³-hybridized carbons (Fsp3) is 0.0294. The molecule has 16 rings (SSSR count). The second-order valence-corrected chi connectivity index (χ2v) is 19.3. The van der Waals surface area contributed by atoms with Crippen LogP contribution in [-0.2, 0) is 10.8 Å². The molecule has 0 radical (unpaired) electrons. The Morgan fingerprint density at radius 3 is 1.33 bits per heavy atom. The van der Waals surface area contributed by atoms with Crippen LogP contribution in [0.1, 0.15) is 44.5 Å². The highest BCUT2D eigenvalue weighted by Gasteiger charge is 2.53. The van der Waals surface area contributed by atoms with E-state index < -0.39 is 10.8 Å². The Bertz CT molecular complexity index is 4200. The molecule has 318 valence electrons. The van der Waals surface area contributed by atoms with Crippen molar-refractivity contribution in [2.24, 2.45) is 0 Å². The SMILES string of the molecule is c1ccc2c(c1)-c1ccc(-c3ccc(-c4ccc5c(c4)C4(c6ccccc6-c6ccccc64)c4c(ccc6ccccc46)O5)c4ccccc34)cc1C21c2ccccc2-c2c1ccc1ccccc21. The molecule has 2 spiro atoms. The van der Waals surface area contributed by atoms with E-state index in [0.717, 1.165) is 11.5 Å². The van der Waals surface area contributed by atoms with Crippen molar-refractivity contribution >= 4 is 32.3 Å². The Hall–Kier alpha value is -8.78. The zero-order chi connectivity index (χ0) is 45.0. The number of benzene rings is 12. The van der Waals surface area contributed by atoms with E-state index in [-0.39, 0.29) is 0 Å². The fourth-order valence-electron chi connectivity index (χ4n) is 13.7. The second-order valence-electron chi connectivity index (χ2n) is 19.3. The summed E-state index contributed by atoms with van der Waals surface area (Å²) in [6.45, 7) is 0. The quantitative estimate of drug-likeness (QED) is 0.168. The molecule has 4 aliphatic rings. The first-order valence-electron chi connectivity index (χ1n) is 24.2. The molecule has 12 aromatic rings. The van der Waals surface area contributed by atoms with E-state index in [9.17, 15) is 0 Å². The summed E-state index contributed by atoms with van der Waals surface area (Å²) < 4.78 is 7.02. The average molecular weight is 873 g/mol. The van der Waals surface area contributed by atoms with Crippen molar-refractivity contribution in [2.45, 2.75) is 10.8 Å². The van der Waals surface area contributed by atoms with Crippen molar-refractivity contribution < 1.29 is 4.74 Å². The first-order chi connectivity index (χ1) is 34.2. The molecule has 0 amide bonds. The van der Waals surface area contributed by atoms with Crippen LogP contribution in [0.5, 0.6) is 11.5 Å². The van der Waals surface area contributed by atoms with E-state index in [1.54, 1.807) is 0 Å². The first-order valence-corrected chi connectivity index (χ1v) is 24.2. The monoisotopic (exact) mass is 872 g/mol. The Labute approximate surface area is 400 Å². The molecule has 0 N–H and O–H groups in total. The van der Waals surface area contributed by atoms with Crippen LogP contribution in [-0.4, -0.2) is 0 Å². The van der Waals surface area contributed by atoms with Crippen LogP contribution >= 0.6 is 0 Å². The largest absolute Gasteiger partial charge is 0.457 e. The minimum Gasteiger partial charge on any atom is -0.457 e. The minimum absolute atomic E-state index is 0.448. The topological polar surface area (TPSA) is 9.23 Å². The van der Waals surface area contributed by atoms with Gasteiger partial charge in [-0.05, 0) is 146 Å². The van der Waals surface area contributed by atoms with Gasteiger partial charge in [-0.1, -0.05) is 218 Å². The van der Waals surface area contributed by atoms with E-state index in [2.05, 4.69) is 243 Å². The summed E-state index contributed by atoms with van der Waals surface area (Å²) in [6.07, 6.45) is 0. The van der Waals surface area contributed by atoms with Crippen LogP contribution in [0.15, 0.2) is 243 Å². The summed E-state index contributed by atoms with van der Waals surface area (Å²) >= 11 is 0. The number of hydrogen-bond donors (Lipinski definition) is 0. The Kier molecular flexibility index (Phi) is 7.27. The molecule has 1 aliphatic heterocycles. The van der Waals surface area contributed by atoms with Gasteiger partial charge in [-0.2, -0.15) is 0 Å². The highest BCUT2D eigenvalue weighted by molar-refractivity contribution is 6.09. The van der Waals surface area contributed by atoms with E-state index >= 15 is 0 Å². The molecule has 0 aromatic heterocycles. The lowest BCUT2D eigenvalue weighted by molar-refractivity contribution is 0.438. The van der Waals surface area contributed by atoms with Gasteiger partial charge in [-0.15, -0.1) is 0 Å². The number of hydrogen-bond acceptors (Lipinski definition) is 1. The second kappa shape index (κ2) is 13.4. The van der Waals surface area contributed by atoms with Gasteiger partial charge in [0.25, 0.3) is 0 Å². The van der Waals surface area contributed by atoms with Crippen molar-refractivity contribution in [1.29, 1.82) is 0 Å². The molecule has 3 aliphatic carbocycles. The average Bonchev–Trinajstić information content (AvgIpc) is 4.01. The number of rotatable bonds is 2. The van der Waals surface area contributed by atoms with Crippen molar-refractivity contribution in [2.75, 3.05) is 0 Å². The van der Waals surface area contributed by atoms with Crippen LogP contribution < -0.4 is 4.74 Å². The fourth-order valence-corrected chi connectivity index (χ4v) is 13.7. The van der Waals surface area contributed by atoms with Gasteiger partial charge < -0.3 is 4.74 Å². The molecule has 0 bridgehead atoms. The minimum atomic E-state index is -0.593. The van der Waals surface area contributed by atoms with Crippen LogP contribution in [0.2, 0.25) is 0 Å². The smallest absolute Gasteiger partial charge is 0.132 e. The highest BCUT2D eigenvalue weighted by Crippen LogP contribution is 2.66. The molecular formula is C68H40O. The summed E-state index contributed by atoms with van der Waals surface area (Å²) in [6, 6.07) is 91.0. The van der Waals surface area contributed by atoms with Crippen molar-refractivity contribution in [1.82, 2.24) is 0 Å². The maximum atomic E-state index is 7.02. The van der Waals surface area contributed by atoms with Gasteiger partial charge in [0.1, 0.15) is 11.5 Å². The summed E-state index contributed by atoms with van der Waals surface area (Å²) in [4.78, 5) is 0. The maximum Gasteiger partial charge on any atom is 0.132 e. The first kappa shape index (κ1) is 37.3. The zero-order valence-corrected chi connectivity index (χ0v) is 37.5. The van der Waals surface area contributed by atoms with Crippen LogP contribution in [0.3, 0.4) is 0 Å². The summed E-state index contributed by atoms with van der Waals surface area (Å²) in [5.41, 5.74) is 22.0. The lowest BCUT2D eigenvalue weighted by Crippen LogP contribution is -2.32. The van der Waals surface area contributed by atoms with Gasteiger partial charge in [0.05, 0.1) is 10.8 Å². The van der Waals surface area contributed by atoms with E-state index in [4.69, 9.17) is 4.74 Å². The summed E-state index contributed by atoms with van der Waals surface area (Å²) in [5.74, 6) is 1.80. The molecule has 12 aromatic carbocycles. The van der Waals surface area contributed by atoms with Crippen molar-refractivity contribution in [3.05, 3.63) is 287 Å². The van der Waals surface area contributed by atoms with Crippen LogP contribution in [0, 0.1) is 0 Å².